The van der Waals surface area contributed by atoms with Gasteiger partial charge < -0.3 is 5.11 Å². The first kappa shape index (κ1) is 15.1. The number of aliphatic hydroxyl groups is 1. The van der Waals surface area contributed by atoms with Gasteiger partial charge in [-0.15, -0.1) is 0 Å². The maximum atomic E-state index is 11.8. The molecule has 2 N–H and O–H groups in total. The quantitative estimate of drug-likeness (QED) is 0.749. The minimum Gasteiger partial charge on any atom is -0.396 e. The van der Waals surface area contributed by atoms with Gasteiger partial charge in [0, 0.05) is 12.6 Å². The van der Waals surface area contributed by atoms with Gasteiger partial charge in [-0.25, -0.2) is 13.1 Å². The number of aryl methyl sites for hydroxylation is 1. The molecular formula is C13H21NO3S. The lowest BCUT2D eigenvalue weighted by Crippen LogP contribution is -2.35. The van der Waals surface area contributed by atoms with E-state index in [9.17, 15) is 8.42 Å². The summed E-state index contributed by atoms with van der Waals surface area (Å²) in [5.74, 6) is 0.0977. The first-order chi connectivity index (χ1) is 8.53. The molecule has 0 aliphatic heterocycles. The predicted octanol–water partition coefficient (Wildman–Crippen LogP) is 1.31. The molecule has 102 valence electrons. The zero-order valence-corrected chi connectivity index (χ0v) is 11.5. The van der Waals surface area contributed by atoms with Gasteiger partial charge in [0.1, 0.15) is 0 Å². The summed E-state index contributed by atoms with van der Waals surface area (Å²) in [6.45, 7) is 1.91. The molecule has 0 bridgehead atoms. The van der Waals surface area contributed by atoms with Gasteiger partial charge in [0.05, 0.1) is 5.75 Å². The zero-order valence-electron chi connectivity index (χ0n) is 10.7. The van der Waals surface area contributed by atoms with Crippen molar-refractivity contribution in [3.63, 3.8) is 0 Å². The fraction of sp³-hybridized carbons (Fsp3) is 0.538. The summed E-state index contributed by atoms with van der Waals surface area (Å²) >= 11 is 0. The van der Waals surface area contributed by atoms with Crippen LogP contribution in [0, 0.1) is 0 Å². The van der Waals surface area contributed by atoms with Crippen LogP contribution < -0.4 is 4.72 Å². The molecule has 0 aliphatic rings. The van der Waals surface area contributed by atoms with Crippen LogP contribution in [0.15, 0.2) is 30.3 Å². The van der Waals surface area contributed by atoms with Crippen LogP contribution in [0.5, 0.6) is 0 Å². The second-order valence-corrected chi connectivity index (χ2v) is 6.31. The van der Waals surface area contributed by atoms with Gasteiger partial charge in [-0.05, 0) is 31.7 Å². The summed E-state index contributed by atoms with van der Waals surface area (Å²) < 4.78 is 26.2. The number of sulfonamides is 1. The van der Waals surface area contributed by atoms with Crippen LogP contribution >= 0.6 is 0 Å². The van der Waals surface area contributed by atoms with Crippen molar-refractivity contribution in [2.45, 2.75) is 32.2 Å². The summed E-state index contributed by atoms with van der Waals surface area (Å²) in [4.78, 5) is 0. The molecule has 0 aliphatic carbocycles. The molecule has 1 aromatic rings. The Kier molecular flexibility index (Phi) is 6.32. The second kappa shape index (κ2) is 7.51. The van der Waals surface area contributed by atoms with E-state index in [2.05, 4.69) is 4.72 Å². The molecule has 1 rings (SSSR count). The van der Waals surface area contributed by atoms with E-state index in [1.165, 1.54) is 0 Å². The minimum absolute atomic E-state index is 0.0933. The van der Waals surface area contributed by atoms with E-state index in [4.69, 9.17) is 5.11 Å². The van der Waals surface area contributed by atoms with E-state index in [1.54, 1.807) is 0 Å². The smallest absolute Gasteiger partial charge is 0.212 e. The van der Waals surface area contributed by atoms with Gasteiger partial charge in [0.15, 0.2) is 0 Å². The van der Waals surface area contributed by atoms with Gasteiger partial charge in [-0.3, -0.25) is 0 Å². The van der Waals surface area contributed by atoms with Gasteiger partial charge in [-0.1, -0.05) is 30.3 Å². The summed E-state index contributed by atoms with van der Waals surface area (Å²) in [6, 6.07) is 9.43. The van der Waals surface area contributed by atoms with Gasteiger partial charge >= 0.3 is 0 Å². The monoisotopic (exact) mass is 271 g/mol. The number of benzene rings is 1. The molecule has 0 aromatic heterocycles. The zero-order chi connectivity index (χ0) is 13.4. The fourth-order valence-electron chi connectivity index (χ4n) is 1.72. The standard InChI is InChI=1S/C13H21NO3S/c1-12(6-5-10-15)14-18(16,17)11-9-13-7-3-2-4-8-13/h2-4,7-8,12,14-15H,5-6,9-11H2,1H3. The van der Waals surface area contributed by atoms with Crippen LogP contribution in [0.2, 0.25) is 0 Å². The molecule has 18 heavy (non-hydrogen) atoms. The van der Waals surface area contributed by atoms with Crippen LogP contribution in [0.4, 0.5) is 0 Å². The highest BCUT2D eigenvalue weighted by atomic mass is 32.2. The molecule has 0 radical (unpaired) electrons. The Morgan fingerprint density at radius 2 is 1.94 bits per heavy atom. The predicted molar refractivity (Wildman–Crippen MR) is 72.9 cm³/mol. The van der Waals surface area contributed by atoms with Crippen molar-refractivity contribution in [3.05, 3.63) is 35.9 Å². The third-order valence-corrected chi connectivity index (χ3v) is 4.18. The number of hydrogen-bond acceptors (Lipinski definition) is 3. The molecule has 0 saturated heterocycles. The Labute approximate surface area is 109 Å². The normalized spacial score (nSPS) is 13.4. The SMILES string of the molecule is CC(CCCO)NS(=O)(=O)CCc1ccccc1. The molecule has 4 nitrogen and oxygen atoms in total. The maximum Gasteiger partial charge on any atom is 0.212 e. The number of rotatable bonds is 8. The molecule has 0 spiro atoms. The largest absolute Gasteiger partial charge is 0.396 e. The number of nitrogens with one attached hydrogen (secondary N) is 1. The molecular weight excluding hydrogens is 250 g/mol. The van der Waals surface area contributed by atoms with Crippen LogP contribution in [0.3, 0.4) is 0 Å². The van der Waals surface area contributed by atoms with Crippen LogP contribution in [-0.2, 0) is 16.4 Å². The lowest BCUT2D eigenvalue weighted by molar-refractivity contribution is 0.279. The second-order valence-electron chi connectivity index (χ2n) is 4.44. The average Bonchev–Trinajstić information content (AvgIpc) is 2.35. The highest BCUT2D eigenvalue weighted by molar-refractivity contribution is 7.89. The summed E-state index contributed by atoms with van der Waals surface area (Å²) in [7, 11) is -3.24. The Morgan fingerprint density at radius 1 is 1.28 bits per heavy atom. The molecule has 0 heterocycles. The van der Waals surface area contributed by atoms with Gasteiger partial charge in [-0.2, -0.15) is 0 Å². The van der Waals surface area contributed by atoms with Crippen LogP contribution in [0.1, 0.15) is 25.3 Å². The fourth-order valence-corrected chi connectivity index (χ4v) is 3.07. The lowest BCUT2D eigenvalue weighted by Gasteiger charge is -2.13. The summed E-state index contributed by atoms with van der Waals surface area (Å²) in [6.07, 6.45) is 1.78. The Hall–Kier alpha value is -0.910. The van der Waals surface area contributed by atoms with Crippen molar-refractivity contribution in [2.75, 3.05) is 12.4 Å². The summed E-state index contributed by atoms with van der Waals surface area (Å²) in [5.41, 5.74) is 1.02. The topological polar surface area (TPSA) is 66.4 Å². The number of hydrogen-bond donors (Lipinski definition) is 2. The van der Waals surface area contributed by atoms with Crippen molar-refractivity contribution in [3.8, 4) is 0 Å². The van der Waals surface area contributed by atoms with Crippen molar-refractivity contribution in [2.24, 2.45) is 0 Å². The van der Waals surface area contributed by atoms with E-state index in [-0.39, 0.29) is 18.4 Å². The Balaban J connectivity index is 2.40. The van der Waals surface area contributed by atoms with E-state index in [1.807, 2.05) is 37.3 Å². The van der Waals surface area contributed by atoms with E-state index in [0.29, 0.717) is 19.3 Å². The number of aliphatic hydroxyl groups excluding tert-OH is 1. The van der Waals surface area contributed by atoms with Crippen LogP contribution in [-0.4, -0.2) is 31.9 Å². The van der Waals surface area contributed by atoms with Gasteiger partial charge in [0.25, 0.3) is 0 Å². The van der Waals surface area contributed by atoms with Crippen molar-refractivity contribution >= 4 is 10.0 Å². The molecule has 1 aromatic carbocycles. The van der Waals surface area contributed by atoms with E-state index < -0.39 is 10.0 Å². The summed E-state index contributed by atoms with van der Waals surface area (Å²) in [5, 5.41) is 8.69. The highest BCUT2D eigenvalue weighted by Gasteiger charge is 2.14. The van der Waals surface area contributed by atoms with Crippen molar-refractivity contribution < 1.29 is 13.5 Å². The lowest BCUT2D eigenvalue weighted by atomic mass is 10.2. The Morgan fingerprint density at radius 3 is 2.56 bits per heavy atom. The average molecular weight is 271 g/mol. The van der Waals surface area contributed by atoms with E-state index in [0.717, 1.165) is 5.56 Å². The third-order valence-electron chi connectivity index (χ3n) is 2.68. The van der Waals surface area contributed by atoms with Crippen LogP contribution in [0.25, 0.3) is 0 Å². The first-order valence-corrected chi connectivity index (χ1v) is 7.83. The third kappa shape index (κ3) is 6.14. The molecule has 0 amide bonds. The van der Waals surface area contributed by atoms with Gasteiger partial charge in [0.2, 0.25) is 10.0 Å². The molecule has 1 atom stereocenters. The Bertz CT molecular complexity index is 431. The maximum absolute atomic E-state index is 11.8. The molecule has 5 heteroatoms. The minimum atomic E-state index is -3.24. The molecule has 0 fully saturated rings. The van der Waals surface area contributed by atoms with E-state index >= 15 is 0 Å². The highest BCUT2D eigenvalue weighted by Crippen LogP contribution is 2.03. The first-order valence-electron chi connectivity index (χ1n) is 6.18. The van der Waals surface area contributed by atoms with Crippen molar-refractivity contribution in [1.82, 2.24) is 4.72 Å². The molecule has 0 saturated carbocycles. The van der Waals surface area contributed by atoms with Crippen molar-refractivity contribution in [1.29, 1.82) is 0 Å². The molecule has 1 unspecified atom stereocenters.